The predicted octanol–water partition coefficient (Wildman–Crippen LogP) is 3.71. The molecule has 0 aromatic carbocycles. The van der Waals surface area contributed by atoms with Gasteiger partial charge in [-0.1, -0.05) is 34.6 Å². The molecule has 0 rings (SSSR count). The molecule has 0 aromatic rings. The average Bonchev–Trinajstić information content (AvgIpc) is 2.24. The van der Waals surface area contributed by atoms with Crippen LogP contribution in [0.1, 0.15) is 54.4 Å². The van der Waals surface area contributed by atoms with Crippen LogP contribution in [0.3, 0.4) is 0 Å². The van der Waals surface area contributed by atoms with E-state index < -0.39 is 0 Å². The molecule has 0 saturated heterocycles. The molecule has 0 aromatic heterocycles. The van der Waals surface area contributed by atoms with Gasteiger partial charge in [-0.2, -0.15) is 0 Å². The smallest absolute Gasteiger partial charge is 0.0488 e. The van der Waals surface area contributed by atoms with Crippen molar-refractivity contribution in [3.8, 4) is 0 Å². The summed E-state index contributed by atoms with van der Waals surface area (Å²) in [5.74, 6) is 2.08. The maximum Gasteiger partial charge on any atom is 0.0488 e. The summed E-state index contributed by atoms with van der Waals surface area (Å²) < 4.78 is 5.70. The third-order valence-electron chi connectivity index (χ3n) is 3.26. The van der Waals surface area contributed by atoms with E-state index in [9.17, 15) is 0 Å². The summed E-state index contributed by atoms with van der Waals surface area (Å²) in [6.45, 7) is 16.5. The van der Waals surface area contributed by atoms with E-state index in [4.69, 9.17) is 4.74 Å². The second kappa shape index (κ2) is 9.90. The zero-order valence-corrected chi connectivity index (χ0v) is 12.8. The first-order valence-corrected chi connectivity index (χ1v) is 7.30. The molecule has 2 atom stereocenters. The SMILES string of the molecule is CCCNC(C)C(CCOCC(C)C)C(C)C. The van der Waals surface area contributed by atoms with Crippen molar-refractivity contribution in [1.29, 1.82) is 0 Å². The summed E-state index contributed by atoms with van der Waals surface area (Å²) in [5, 5.41) is 3.61. The molecule has 2 nitrogen and oxygen atoms in total. The largest absolute Gasteiger partial charge is 0.381 e. The lowest BCUT2D eigenvalue weighted by Crippen LogP contribution is -2.37. The van der Waals surface area contributed by atoms with E-state index in [1.54, 1.807) is 0 Å². The van der Waals surface area contributed by atoms with Crippen molar-refractivity contribution in [2.45, 2.75) is 60.4 Å². The van der Waals surface area contributed by atoms with Crippen molar-refractivity contribution in [1.82, 2.24) is 5.32 Å². The average molecular weight is 243 g/mol. The minimum Gasteiger partial charge on any atom is -0.381 e. The van der Waals surface area contributed by atoms with E-state index in [2.05, 4.69) is 46.9 Å². The third-order valence-corrected chi connectivity index (χ3v) is 3.26. The van der Waals surface area contributed by atoms with Gasteiger partial charge in [0.1, 0.15) is 0 Å². The molecule has 0 saturated carbocycles. The highest BCUT2D eigenvalue weighted by Crippen LogP contribution is 2.19. The van der Waals surface area contributed by atoms with Gasteiger partial charge in [-0.3, -0.25) is 0 Å². The summed E-state index contributed by atoms with van der Waals surface area (Å²) in [5.41, 5.74) is 0. The van der Waals surface area contributed by atoms with Gasteiger partial charge in [0.05, 0.1) is 0 Å². The van der Waals surface area contributed by atoms with Crippen LogP contribution in [0.4, 0.5) is 0 Å². The fourth-order valence-corrected chi connectivity index (χ4v) is 2.22. The van der Waals surface area contributed by atoms with E-state index in [1.165, 1.54) is 12.8 Å². The van der Waals surface area contributed by atoms with Crippen molar-refractivity contribution in [3.05, 3.63) is 0 Å². The number of nitrogens with one attached hydrogen (secondary N) is 1. The summed E-state index contributed by atoms with van der Waals surface area (Å²) >= 11 is 0. The number of hydrogen-bond acceptors (Lipinski definition) is 2. The van der Waals surface area contributed by atoms with Crippen LogP contribution < -0.4 is 5.32 Å². The second-order valence-corrected chi connectivity index (χ2v) is 5.91. The molecule has 2 heteroatoms. The summed E-state index contributed by atoms with van der Waals surface area (Å²) in [6, 6.07) is 0.595. The molecule has 17 heavy (non-hydrogen) atoms. The molecule has 0 spiro atoms. The molecular formula is C15H33NO. The standard InChI is InChI=1S/C15H33NO/c1-7-9-16-14(6)15(13(4)5)8-10-17-11-12(2)3/h12-16H,7-11H2,1-6H3. The molecule has 0 aliphatic rings. The lowest BCUT2D eigenvalue weighted by Gasteiger charge is -2.28. The molecule has 0 heterocycles. The van der Waals surface area contributed by atoms with Gasteiger partial charge in [0.25, 0.3) is 0 Å². The van der Waals surface area contributed by atoms with Crippen molar-refractivity contribution >= 4 is 0 Å². The Labute approximate surface area is 109 Å². The van der Waals surface area contributed by atoms with Crippen molar-refractivity contribution in [2.75, 3.05) is 19.8 Å². The molecule has 0 aliphatic carbocycles. The van der Waals surface area contributed by atoms with Crippen LogP contribution in [-0.2, 0) is 4.74 Å². The van der Waals surface area contributed by atoms with Crippen molar-refractivity contribution < 1.29 is 4.74 Å². The first-order chi connectivity index (χ1) is 7.99. The van der Waals surface area contributed by atoms with Crippen molar-refractivity contribution in [3.63, 3.8) is 0 Å². The molecule has 0 fully saturated rings. The van der Waals surface area contributed by atoms with Gasteiger partial charge in [0, 0.05) is 19.3 Å². The maximum absolute atomic E-state index is 5.70. The Balaban J connectivity index is 3.89. The van der Waals surface area contributed by atoms with Crippen LogP contribution in [0.5, 0.6) is 0 Å². The molecule has 0 bridgehead atoms. The summed E-state index contributed by atoms with van der Waals surface area (Å²) in [6.07, 6.45) is 2.38. The number of hydrogen-bond donors (Lipinski definition) is 1. The van der Waals surface area contributed by atoms with E-state index in [0.717, 1.165) is 25.7 Å². The monoisotopic (exact) mass is 243 g/mol. The Morgan fingerprint density at radius 3 is 2.18 bits per heavy atom. The Morgan fingerprint density at radius 2 is 1.71 bits per heavy atom. The first kappa shape index (κ1) is 16.9. The van der Waals surface area contributed by atoms with E-state index in [0.29, 0.717) is 17.9 Å². The molecule has 0 aliphatic heterocycles. The predicted molar refractivity (Wildman–Crippen MR) is 76.4 cm³/mol. The van der Waals surface area contributed by atoms with Gasteiger partial charge in [0.15, 0.2) is 0 Å². The van der Waals surface area contributed by atoms with E-state index in [1.807, 2.05) is 0 Å². The highest BCUT2D eigenvalue weighted by atomic mass is 16.5. The molecule has 0 amide bonds. The normalized spacial score (nSPS) is 15.5. The van der Waals surface area contributed by atoms with Crippen LogP contribution in [0.25, 0.3) is 0 Å². The van der Waals surface area contributed by atoms with Crippen LogP contribution in [-0.4, -0.2) is 25.8 Å². The van der Waals surface area contributed by atoms with Gasteiger partial charge >= 0.3 is 0 Å². The summed E-state index contributed by atoms with van der Waals surface area (Å²) in [7, 11) is 0. The second-order valence-electron chi connectivity index (χ2n) is 5.91. The van der Waals surface area contributed by atoms with Crippen LogP contribution in [0.15, 0.2) is 0 Å². The number of ether oxygens (including phenoxy) is 1. The Bertz CT molecular complexity index is 168. The Hall–Kier alpha value is -0.0800. The van der Waals surface area contributed by atoms with Crippen LogP contribution in [0, 0.1) is 17.8 Å². The highest BCUT2D eigenvalue weighted by molar-refractivity contribution is 4.74. The summed E-state index contributed by atoms with van der Waals surface area (Å²) in [4.78, 5) is 0. The fourth-order valence-electron chi connectivity index (χ4n) is 2.22. The molecule has 104 valence electrons. The van der Waals surface area contributed by atoms with Crippen molar-refractivity contribution in [2.24, 2.45) is 17.8 Å². The lowest BCUT2D eigenvalue weighted by atomic mass is 9.86. The van der Waals surface area contributed by atoms with Gasteiger partial charge in [0.2, 0.25) is 0 Å². The topological polar surface area (TPSA) is 21.3 Å². The minimum atomic E-state index is 0.595. The number of rotatable bonds is 10. The molecule has 2 unspecified atom stereocenters. The first-order valence-electron chi connectivity index (χ1n) is 7.30. The van der Waals surface area contributed by atoms with Gasteiger partial charge < -0.3 is 10.1 Å². The van der Waals surface area contributed by atoms with E-state index >= 15 is 0 Å². The fraction of sp³-hybridized carbons (Fsp3) is 1.00. The van der Waals surface area contributed by atoms with Crippen LogP contribution >= 0.6 is 0 Å². The third kappa shape index (κ3) is 8.62. The maximum atomic E-state index is 5.70. The van der Waals surface area contributed by atoms with E-state index in [-0.39, 0.29) is 0 Å². The molecular weight excluding hydrogens is 210 g/mol. The zero-order valence-electron chi connectivity index (χ0n) is 12.8. The lowest BCUT2D eigenvalue weighted by molar-refractivity contribution is 0.0864. The van der Waals surface area contributed by atoms with Crippen LogP contribution in [0.2, 0.25) is 0 Å². The quantitative estimate of drug-likeness (QED) is 0.591. The Kier molecular flexibility index (Phi) is 9.85. The minimum absolute atomic E-state index is 0.595. The van der Waals surface area contributed by atoms with Gasteiger partial charge in [-0.25, -0.2) is 0 Å². The van der Waals surface area contributed by atoms with Gasteiger partial charge in [-0.15, -0.1) is 0 Å². The highest BCUT2D eigenvalue weighted by Gasteiger charge is 2.19. The zero-order chi connectivity index (χ0) is 13.3. The van der Waals surface area contributed by atoms with Gasteiger partial charge in [-0.05, 0) is 44.1 Å². The Morgan fingerprint density at radius 1 is 1.06 bits per heavy atom. The molecule has 0 radical (unpaired) electrons. The molecule has 1 N–H and O–H groups in total.